The fourth-order valence-electron chi connectivity index (χ4n) is 5.01. The van der Waals surface area contributed by atoms with Gasteiger partial charge in [-0.3, -0.25) is 0 Å². The number of aromatic hydroxyl groups is 1. The highest BCUT2D eigenvalue weighted by molar-refractivity contribution is 5.92. The van der Waals surface area contributed by atoms with Crippen LogP contribution in [-0.4, -0.2) is 31.4 Å². The maximum absolute atomic E-state index is 13.4. The Morgan fingerprint density at radius 3 is 2.16 bits per heavy atom. The molecule has 0 bridgehead atoms. The van der Waals surface area contributed by atoms with Crippen molar-refractivity contribution >= 4 is 5.97 Å². The Balaban J connectivity index is 1.29. The lowest BCUT2D eigenvalue weighted by molar-refractivity contribution is 0.0598. The highest BCUT2D eigenvalue weighted by atomic mass is 19.1. The summed E-state index contributed by atoms with van der Waals surface area (Å²) in [5.41, 5.74) is 4.56. The molecule has 1 N–H and O–H groups in total. The maximum atomic E-state index is 13.4. The van der Waals surface area contributed by atoms with E-state index in [9.17, 15) is 14.3 Å². The molecule has 0 atom stereocenters. The number of methoxy groups -OCH3 is 1. The maximum Gasteiger partial charge on any atom is 0.341 e. The zero-order valence-corrected chi connectivity index (χ0v) is 25.3. The van der Waals surface area contributed by atoms with E-state index in [2.05, 4.69) is 0 Å². The minimum absolute atomic E-state index is 0.0706. The fourth-order valence-corrected chi connectivity index (χ4v) is 5.01. The second-order valence-corrected chi connectivity index (χ2v) is 10.4. The molecule has 0 aliphatic rings. The molecule has 5 aromatic carbocycles. The molecule has 230 valence electrons. The predicted molar refractivity (Wildman–Crippen MR) is 172 cm³/mol. The smallest absolute Gasteiger partial charge is 0.341 e. The van der Waals surface area contributed by atoms with Gasteiger partial charge in [-0.1, -0.05) is 67.6 Å². The number of benzene rings is 5. The molecule has 0 heterocycles. The Morgan fingerprint density at radius 2 is 1.42 bits per heavy atom. The Bertz CT molecular complexity index is 1730. The van der Waals surface area contributed by atoms with Crippen molar-refractivity contribution in [3.8, 4) is 39.9 Å². The van der Waals surface area contributed by atoms with E-state index >= 15 is 0 Å². The van der Waals surface area contributed by atoms with Crippen molar-refractivity contribution in [2.75, 3.05) is 20.3 Å². The third-order valence-corrected chi connectivity index (χ3v) is 7.34. The molecule has 0 aromatic heterocycles. The summed E-state index contributed by atoms with van der Waals surface area (Å²) in [6.45, 7) is 2.77. The SMILES string of the molecule is CCc1cc(-c2ccc(F)cc2)c(O)cc1OCCCOc1cccc(Oc2ccccc2C(=O)OC)c1Cc1ccccc1. The van der Waals surface area contributed by atoms with Gasteiger partial charge in [-0.2, -0.15) is 0 Å². The van der Waals surface area contributed by atoms with Crippen LogP contribution in [0.1, 0.15) is 40.4 Å². The van der Waals surface area contributed by atoms with Crippen LogP contribution in [0.4, 0.5) is 4.39 Å². The van der Waals surface area contributed by atoms with Gasteiger partial charge in [0.25, 0.3) is 0 Å². The molecule has 0 aliphatic heterocycles. The average Bonchev–Trinajstić information content (AvgIpc) is 3.07. The predicted octanol–water partition coefficient (Wildman–Crippen LogP) is 8.78. The van der Waals surface area contributed by atoms with Crippen molar-refractivity contribution in [3.05, 3.63) is 137 Å². The van der Waals surface area contributed by atoms with Crippen molar-refractivity contribution < 1.29 is 33.2 Å². The molecule has 0 aliphatic carbocycles. The third-order valence-electron chi connectivity index (χ3n) is 7.34. The van der Waals surface area contributed by atoms with Crippen LogP contribution in [0.3, 0.4) is 0 Å². The number of phenols is 1. The van der Waals surface area contributed by atoms with E-state index in [-0.39, 0.29) is 11.6 Å². The Morgan fingerprint density at radius 1 is 0.756 bits per heavy atom. The fraction of sp³-hybridized carbons (Fsp3) is 0.184. The first-order valence-corrected chi connectivity index (χ1v) is 14.8. The zero-order valence-electron chi connectivity index (χ0n) is 25.3. The summed E-state index contributed by atoms with van der Waals surface area (Å²) in [5.74, 6) is 1.51. The molecule has 0 spiro atoms. The zero-order chi connectivity index (χ0) is 31.6. The van der Waals surface area contributed by atoms with Crippen LogP contribution in [0.2, 0.25) is 0 Å². The molecule has 0 radical (unpaired) electrons. The molecule has 5 aromatic rings. The van der Waals surface area contributed by atoms with Crippen LogP contribution in [0.15, 0.2) is 109 Å². The van der Waals surface area contributed by atoms with E-state index in [0.717, 1.165) is 22.3 Å². The Hall–Kier alpha value is -5.30. The van der Waals surface area contributed by atoms with E-state index in [1.54, 1.807) is 42.5 Å². The van der Waals surface area contributed by atoms with Gasteiger partial charge >= 0.3 is 5.97 Å². The summed E-state index contributed by atoms with van der Waals surface area (Å²) in [6.07, 6.45) is 1.85. The summed E-state index contributed by atoms with van der Waals surface area (Å²) in [6, 6.07) is 32.1. The van der Waals surface area contributed by atoms with Gasteiger partial charge in [-0.15, -0.1) is 0 Å². The Labute approximate surface area is 262 Å². The summed E-state index contributed by atoms with van der Waals surface area (Å²) in [7, 11) is 1.34. The van der Waals surface area contributed by atoms with Gasteiger partial charge < -0.3 is 24.1 Å². The second-order valence-electron chi connectivity index (χ2n) is 10.4. The Kier molecular flexibility index (Phi) is 10.3. The van der Waals surface area contributed by atoms with Crippen LogP contribution in [-0.2, 0) is 17.6 Å². The molecular formula is C38H35FO6. The number of carbonyl (C=O) groups excluding carboxylic acids is 1. The van der Waals surface area contributed by atoms with Gasteiger partial charge in [0.2, 0.25) is 0 Å². The molecule has 0 amide bonds. The molecule has 7 heteroatoms. The van der Waals surface area contributed by atoms with Gasteiger partial charge in [-0.25, -0.2) is 9.18 Å². The highest BCUT2D eigenvalue weighted by Crippen LogP contribution is 2.37. The topological polar surface area (TPSA) is 74.2 Å². The van der Waals surface area contributed by atoms with E-state index in [4.69, 9.17) is 18.9 Å². The molecular weight excluding hydrogens is 571 g/mol. The van der Waals surface area contributed by atoms with Crippen molar-refractivity contribution in [2.24, 2.45) is 0 Å². The number of hydrogen-bond donors (Lipinski definition) is 1. The summed E-state index contributed by atoms with van der Waals surface area (Å²) >= 11 is 0. The molecule has 45 heavy (non-hydrogen) atoms. The van der Waals surface area contributed by atoms with Gasteiger partial charge in [0, 0.05) is 30.0 Å². The van der Waals surface area contributed by atoms with E-state index in [1.165, 1.54) is 19.2 Å². The van der Waals surface area contributed by atoms with Crippen molar-refractivity contribution in [1.29, 1.82) is 0 Å². The first kappa shape index (κ1) is 31.1. The number of hydrogen-bond acceptors (Lipinski definition) is 6. The monoisotopic (exact) mass is 606 g/mol. The number of ether oxygens (including phenoxy) is 4. The van der Waals surface area contributed by atoms with Crippen molar-refractivity contribution in [1.82, 2.24) is 0 Å². The first-order chi connectivity index (χ1) is 22.0. The van der Waals surface area contributed by atoms with E-state index in [1.807, 2.05) is 61.5 Å². The number of halogens is 1. The van der Waals surface area contributed by atoms with Gasteiger partial charge in [-0.05, 0) is 65.6 Å². The van der Waals surface area contributed by atoms with Gasteiger partial charge in [0.1, 0.15) is 40.1 Å². The number of carbonyl (C=O) groups is 1. The minimum Gasteiger partial charge on any atom is -0.507 e. The number of esters is 1. The third kappa shape index (κ3) is 7.81. The molecule has 5 rings (SSSR count). The lowest BCUT2D eigenvalue weighted by Crippen LogP contribution is -2.08. The van der Waals surface area contributed by atoms with E-state index in [0.29, 0.717) is 66.6 Å². The lowest BCUT2D eigenvalue weighted by atomic mass is 10.00. The number of rotatable bonds is 13. The number of aryl methyl sites for hydroxylation is 1. The largest absolute Gasteiger partial charge is 0.507 e. The van der Waals surface area contributed by atoms with Crippen LogP contribution in [0.5, 0.6) is 28.7 Å². The molecule has 0 saturated heterocycles. The van der Waals surface area contributed by atoms with Crippen LogP contribution in [0, 0.1) is 5.82 Å². The van der Waals surface area contributed by atoms with Crippen LogP contribution >= 0.6 is 0 Å². The minimum atomic E-state index is -0.479. The summed E-state index contributed by atoms with van der Waals surface area (Å²) < 4.78 is 37.0. The van der Waals surface area contributed by atoms with Crippen molar-refractivity contribution in [3.63, 3.8) is 0 Å². The summed E-state index contributed by atoms with van der Waals surface area (Å²) in [4.78, 5) is 12.4. The standard InChI is InChI=1S/C38H35FO6/c1-3-27-24-31(28-17-19-29(39)20-18-28)33(40)25-37(27)44-22-10-21-43-34-15-9-16-36(32(34)23-26-11-5-4-6-12-26)45-35-14-8-7-13-30(35)38(41)42-2/h4-9,11-20,24-25,40H,3,10,21-23H2,1-2H3. The highest BCUT2D eigenvalue weighted by Gasteiger charge is 2.18. The number of phenolic OH excluding ortho intramolecular Hbond substituents is 1. The lowest BCUT2D eigenvalue weighted by Gasteiger charge is -2.18. The quantitative estimate of drug-likeness (QED) is 0.107. The average molecular weight is 607 g/mol. The van der Waals surface area contributed by atoms with Crippen molar-refractivity contribution in [2.45, 2.75) is 26.2 Å². The molecule has 0 unspecified atom stereocenters. The molecule has 0 fully saturated rings. The second kappa shape index (κ2) is 14.9. The molecule has 6 nitrogen and oxygen atoms in total. The number of para-hydroxylation sites is 1. The summed E-state index contributed by atoms with van der Waals surface area (Å²) in [5, 5.41) is 10.7. The van der Waals surface area contributed by atoms with Crippen LogP contribution < -0.4 is 14.2 Å². The first-order valence-electron chi connectivity index (χ1n) is 14.8. The molecule has 0 saturated carbocycles. The van der Waals surface area contributed by atoms with Gasteiger partial charge in [0.05, 0.1) is 20.3 Å². The normalized spacial score (nSPS) is 10.7. The van der Waals surface area contributed by atoms with E-state index < -0.39 is 5.97 Å². The van der Waals surface area contributed by atoms with Gasteiger partial charge in [0.15, 0.2) is 0 Å². The van der Waals surface area contributed by atoms with Crippen LogP contribution in [0.25, 0.3) is 11.1 Å².